The lowest BCUT2D eigenvalue weighted by molar-refractivity contribution is 0.432. The van der Waals surface area contributed by atoms with Crippen molar-refractivity contribution in [3.05, 3.63) is 58.6 Å². The van der Waals surface area contributed by atoms with Crippen molar-refractivity contribution >= 4 is 11.6 Å². The molecule has 0 aliphatic heterocycles. The molecule has 118 valence electrons. The SMILES string of the molecule is Cc1ccc(Cl)cc1-c1noc(-c2ccc(CC(C)C)cc2)n1. The number of benzene rings is 2. The second kappa shape index (κ2) is 6.55. The van der Waals surface area contributed by atoms with Crippen LogP contribution in [-0.4, -0.2) is 10.1 Å². The van der Waals surface area contributed by atoms with Gasteiger partial charge in [-0.1, -0.05) is 48.8 Å². The fraction of sp³-hybridized carbons (Fsp3) is 0.263. The number of nitrogens with zero attached hydrogens (tertiary/aromatic N) is 2. The second-order valence-corrected chi connectivity index (χ2v) is 6.61. The summed E-state index contributed by atoms with van der Waals surface area (Å²) in [5.41, 5.74) is 4.20. The Morgan fingerprint density at radius 1 is 1.09 bits per heavy atom. The van der Waals surface area contributed by atoms with Crippen molar-refractivity contribution in [1.82, 2.24) is 10.1 Å². The molecule has 0 aliphatic rings. The first-order valence-electron chi connectivity index (χ1n) is 7.72. The van der Waals surface area contributed by atoms with Crippen LogP contribution < -0.4 is 0 Å². The highest BCUT2D eigenvalue weighted by Crippen LogP contribution is 2.27. The summed E-state index contributed by atoms with van der Waals surface area (Å²) < 4.78 is 5.42. The highest BCUT2D eigenvalue weighted by molar-refractivity contribution is 6.30. The van der Waals surface area contributed by atoms with E-state index in [0.717, 1.165) is 23.1 Å². The van der Waals surface area contributed by atoms with Crippen molar-refractivity contribution in [1.29, 1.82) is 0 Å². The molecule has 0 amide bonds. The van der Waals surface area contributed by atoms with Gasteiger partial charge in [0.25, 0.3) is 5.89 Å². The van der Waals surface area contributed by atoms with Crippen LogP contribution in [0.5, 0.6) is 0 Å². The fourth-order valence-corrected chi connectivity index (χ4v) is 2.71. The lowest BCUT2D eigenvalue weighted by atomic mass is 10.0. The Hall–Kier alpha value is -2.13. The van der Waals surface area contributed by atoms with E-state index < -0.39 is 0 Å². The van der Waals surface area contributed by atoms with Gasteiger partial charge in [-0.15, -0.1) is 0 Å². The number of aromatic nitrogens is 2. The largest absolute Gasteiger partial charge is 0.334 e. The van der Waals surface area contributed by atoms with E-state index >= 15 is 0 Å². The summed E-state index contributed by atoms with van der Waals surface area (Å²) in [5, 5.41) is 4.75. The van der Waals surface area contributed by atoms with E-state index in [1.54, 1.807) is 0 Å². The average Bonchev–Trinajstić information content (AvgIpc) is 2.99. The molecule has 3 aromatic rings. The van der Waals surface area contributed by atoms with Gasteiger partial charge in [0.1, 0.15) is 0 Å². The van der Waals surface area contributed by atoms with Crippen LogP contribution in [0.15, 0.2) is 47.0 Å². The van der Waals surface area contributed by atoms with E-state index in [-0.39, 0.29) is 0 Å². The van der Waals surface area contributed by atoms with Crippen molar-refractivity contribution < 1.29 is 4.52 Å². The summed E-state index contributed by atoms with van der Waals surface area (Å²) >= 11 is 6.06. The van der Waals surface area contributed by atoms with E-state index in [1.165, 1.54) is 5.56 Å². The van der Waals surface area contributed by atoms with Crippen LogP contribution in [-0.2, 0) is 6.42 Å². The molecule has 0 radical (unpaired) electrons. The van der Waals surface area contributed by atoms with Gasteiger partial charge in [-0.3, -0.25) is 0 Å². The van der Waals surface area contributed by atoms with Crippen LogP contribution in [0.3, 0.4) is 0 Å². The Bertz CT molecular complexity index is 806. The average molecular weight is 327 g/mol. The first kappa shape index (κ1) is 15.8. The first-order chi connectivity index (χ1) is 11.0. The molecule has 0 fully saturated rings. The molecule has 3 nitrogen and oxygen atoms in total. The van der Waals surface area contributed by atoms with E-state index in [4.69, 9.17) is 16.1 Å². The van der Waals surface area contributed by atoms with Crippen LogP contribution in [0.25, 0.3) is 22.8 Å². The lowest BCUT2D eigenvalue weighted by Crippen LogP contribution is -1.93. The molecule has 0 saturated heterocycles. The van der Waals surface area contributed by atoms with Gasteiger partial charge in [0.05, 0.1) is 0 Å². The Kier molecular flexibility index (Phi) is 4.49. The minimum absolute atomic E-state index is 0.524. The molecular weight excluding hydrogens is 308 g/mol. The maximum atomic E-state index is 6.06. The molecule has 4 heteroatoms. The smallest absolute Gasteiger partial charge is 0.258 e. The molecule has 0 bridgehead atoms. The van der Waals surface area contributed by atoms with Gasteiger partial charge in [-0.05, 0) is 54.7 Å². The second-order valence-electron chi connectivity index (χ2n) is 6.18. The summed E-state index contributed by atoms with van der Waals surface area (Å²) in [6, 6.07) is 14.0. The molecule has 1 aromatic heterocycles. The Morgan fingerprint density at radius 2 is 1.83 bits per heavy atom. The van der Waals surface area contributed by atoms with Crippen molar-refractivity contribution in [3.8, 4) is 22.8 Å². The summed E-state index contributed by atoms with van der Waals surface area (Å²) in [7, 11) is 0. The highest BCUT2D eigenvalue weighted by Gasteiger charge is 2.13. The van der Waals surface area contributed by atoms with Gasteiger partial charge < -0.3 is 4.52 Å². The zero-order valence-corrected chi connectivity index (χ0v) is 14.3. The molecule has 3 rings (SSSR count). The fourth-order valence-electron chi connectivity index (χ4n) is 2.54. The predicted octanol–water partition coefficient (Wildman–Crippen LogP) is 5.56. The quantitative estimate of drug-likeness (QED) is 0.629. The molecule has 23 heavy (non-hydrogen) atoms. The molecule has 0 N–H and O–H groups in total. The number of aryl methyl sites for hydroxylation is 1. The standard InChI is InChI=1S/C19H19ClN2O/c1-12(2)10-14-5-7-15(8-6-14)19-21-18(22-23-19)17-11-16(20)9-4-13(17)3/h4-9,11-12H,10H2,1-3H3. The zero-order valence-electron chi connectivity index (χ0n) is 13.5. The van der Waals surface area contributed by atoms with Gasteiger partial charge in [0, 0.05) is 16.1 Å². The van der Waals surface area contributed by atoms with E-state index in [9.17, 15) is 0 Å². The number of hydrogen-bond donors (Lipinski definition) is 0. The Labute approximate surface area is 141 Å². The lowest BCUT2D eigenvalue weighted by Gasteiger charge is -2.04. The van der Waals surface area contributed by atoms with Crippen molar-refractivity contribution in [2.75, 3.05) is 0 Å². The predicted molar refractivity (Wildman–Crippen MR) is 93.5 cm³/mol. The summed E-state index contributed by atoms with van der Waals surface area (Å²) in [5.74, 6) is 1.73. The zero-order chi connectivity index (χ0) is 16.4. The van der Waals surface area contributed by atoms with Gasteiger partial charge >= 0.3 is 0 Å². The van der Waals surface area contributed by atoms with Crippen LogP contribution >= 0.6 is 11.6 Å². The third-order valence-corrected chi connectivity index (χ3v) is 3.95. The number of halogens is 1. The molecule has 1 heterocycles. The summed E-state index contributed by atoms with van der Waals surface area (Å²) in [6.45, 7) is 6.43. The maximum Gasteiger partial charge on any atom is 0.258 e. The van der Waals surface area contributed by atoms with Crippen molar-refractivity contribution in [2.24, 2.45) is 5.92 Å². The van der Waals surface area contributed by atoms with Gasteiger partial charge in [0.2, 0.25) is 5.82 Å². The third-order valence-electron chi connectivity index (χ3n) is 3.71. The van der Waals surface area contributed by atoms with Crippen molar-refractivity contribution in [2.45, 2.75) is 27.2 Å². The molecule has 0 spiro atoms. The monoisotopic (exact) mass is 326 g/mol. The highest BCUT2D eigenvalue weighted by atomic mass is 35.5. The number of rotatable bonds is 4. The minimum Gasteiger partial charge on any atom is -0.334 e. The Balaban J connectivity index is 1.88. The molecule has 2 aromatic carbocycles. The summed E-state index contributed by atoms with van der Waals surface area (Å²) in [4.78, 5) is 4.51. The van der Waals surface area contributed by atoms with Gasteiger partial charge in [-0.25, -0.2) is 0 Å². The molecule has 0 saturated carbocycles. The molecule has 0 atom stereocenters. The molecular formula is C19H19ClN2O. The molecule has 0 unspecified atom stereocenters. The van der Waals surface area contributed by atoms with Crippen LogP contribution in [0.1, 0.15) is 25.0 Å². The maximum absolute atomic E-state index is 6.06. The van der Waals surface area contributed by atoms with Crippen LogP contribution in [0.2, 0.25) is 5.02 Å². The topological polar surface area (TPSA) is 38.9 Å². The normalized spacial score (nSPS) is 11.2. The summed E-state index contributed by atoms with van der Waals surface area (Å²) in [6.07, 6.45) is 1.07. The van der Waals surface area contributed by atoms with Crippen molar-refractivity contribution in [3.63, 3.8) is 0 Å². The first-order valence-corrected chi connectivity index (χ1v) is 8.10. The molecule has 0 aliphatic carbocycles. The number of hydrogen-bond acceptors (Lipinski definition) is 3. The van der Waals surface area contributed by atoms with E-state index in [2.05, 4.69) is 36.1 Å². The van der Waals surface area contributed by atoms with E-state index in [0.29, 0.717) is 22.7 Å². The van der Waals surface area contributed by atoms with Crippen LogP contribution in [0.4, 0.5) is 0 Å². The van der Waals surface area contributed by atoms with Gasteiger partial charge in [0.15, 0.2) is 0 Å². The third kappa shape index (κ3) is 3.62. The van der Waals surface area contributed by atoms with Crippen LogP contribution in [0, 0.1) is 12.8 Å². The van der Waals surface area contributed by atoms with E-state index in [1.807, 2.05) is 37.3 Å². The van der Waals surface area contributed by atoms with Gasteiger partial charge in [-0.2, -0.15) is 4.98 Å². The Morgan fingerprint density at radius 3 is 2.52 bits per heavy atom. The minimum atomic E-state index is 0.524.